The summed E-state index contributed by atoms with van der Waals surface area (Å²) in [4.78, 5) is 30.1. The maximum absolute atomic E-state index is 13.0. The minimum absolute atomic E-state index is 0.200. The van der Waals surface area contributed by atoms with Crippen LogP contribution in [-0.4, -0.2) is 43.4 Å². The van der Waals surface area contributed by atoms with Crippen LogP contribution < -0.4 is 21.5 Å². The van der Waals surface area contributed by atoms with Crippen LogP contribution in [0.5, 0.6) is 0 Å². The van der Waals surface area contributed by atoms with Gasteiger partial charge in [0.2, 0.25) is 0 Å². The topological polar surface area (TPSA) is 118 Å². The highest BCUT2D eigenvalue weighted by molar-refractivity contribution is 5.94. The number of amides is 1. The van der Waals surface area contributed by atoms with Crippen molar-refractivity contribution in [2.75, 3.05) is 17.7 Å². The van der Waals surface area contributed by atoms with Crippen LogP contribution in [0.25, 0.3) is 11.3 Å². The van der Waals surface area contributed by atoms with Gasteiger partial charge in [-0.1, -0.05) is 18.2 Å². The van der Waals surface area contributed by atoms with Crippen molar-refractivity contribution in [1.82, 2.24) is 29.7 Å². The van der Waals surface area contributed by atoms with Crippen LogP contribution in [-0.2, 0) is 0 Å². The molecule has 0 aliphatic heterocycles. The summed E-state index contributed by atoms with van der Waals surface area (Å²) in [6.07, 6.45) is 6.15. The Bertz CT molecular complexity index is 1340. The molecule has 0 radical (unpaired) electrons. The van der Waals surface area contributed by atoms with E-state index < -0.39 is 0 Å². The van der Waals surface area contributed by atoms with Gasteiger partial charge in [-0.3, -0.25) is 9.59 Å². The lowest BCUT2D eigenvalue weighted by Crippen LogP contribution is -2.40. The third-order valence-corrected chi connectivity index (χ3v) is 5.52. The summed E-state index contributed by atoms with van der Waals surface area (Å²) in [5, 5.41) is 17.8. The first-order valence-corrected chi connectivity index (χ1v) is 10.4. The third kappa shape index (κ3) is 3.55. The van der Waals surface area contributed by atoms with Gasteiger partial charge < -0.3 is 16.0 Å². The highest BCUT2D eigenvalue weighted by atomic mass is 16.2. The Labute approximate surface area is 183 Å². The number of hydrogen-bond acceptors (Lipinski definition) is 7. The largest absolute Gasteiger partial charge is 0.385 e. The van der Waals surface area contributed by atoms with Gasteiger partial charge in [-0.2, -0.15) is 9.78 Å². The number of aromatic nitrogens is 5. The summed E-state index contributed by atoms with van der Waals surface area (Å²) in [6.45, 7) is 0. The van der Waals surface area contributed by atoms with E-state index in [-0.39, 0.29) is 17.5 Å². The second-order valence-corrected chi connectivity index (χ2v) is 7.60. The normalized spacial score (nSPS) is 13.5. The number of hydrogen-bond donors (Lipinski definition) is 3. The Morgan fingerprint density at radius 1 is 1.12 bits per heavy atom. The van der Waals surface area contributed by atoms with E-state index in [1.54, 1.807) is 37.5 Å². The molecule has 162 valence electrons. The maximum atomic E-state index is 13.0. The zero-order valence-corrected chi connectivity index (χ0v) is 17.4. The molecule has 3 heterocycles. The molecule has 10 heteroatoms. The average molecular weight is 430 g/mol. The molecule has 0 saturated heterocycles. The number of benzene rings is 1. The van der Waals surface area contributed by atoms with Crippen molar-refractivity contribution in [2.24, 2.45) is 0 Å². The van der Waals surface area contributed by atoms with Gasteiger partial charge in [0.15, 0.2) is 17.2 Å². The smallest absolute Gasteiger partial charge is 0.295 e. The molecule has 3 aromatic heterocycles. The quantitative estimate of drug-likeness (QED) is 0.430. The van der Waals surface area contributed by atoms with Crippen molar-refractivity contribution >= 4 is 28.7 Å². The van der Waals surface area contributed by atoms with E-state index in [2.05, 4.69) is 31.1 Å². The molecule has 3 N–H and O–H groups in total. The molecule has 10 nitrogen and oxygen atoms in total. The molecule has 0 spiro atoms. The van der Waals surface area contributed by atoms with Crippen molar-refractivity contribution in [3.8, 4) is 5.69 Å². The number of rotatable bonds is 6. The monoisotopic (exact) mass is 430 g/mol. The number of fused-ring (bicyclic) bond motifs is 1. The Morgan fingerprint density at radius 3 is 2.66 bits per heavy atom. The Kier molecular flexibility index (Phi) is 5.02. The summed E-state index contributed by atoms with van der Waals surface area (Å²) in [6, 6.07) is 12.7. The zero-order valence-electron chi connectivity index (χ0n) is 17.4. The second-order valence-electron chi connectivity index (χ2n) is 7.60. The molecule has 1 saturated carbocycles. The van der Waals surface area contributed by atoms with Crippen LogP contribution in [0.4, 0.5) is 17.2 Å². The maximum Gasteiger partial charge on any atom is 0.295 e. The third-order valence-electron chi connectivity index (χ3n) is 5.52. The van der Waals surface area contributed by atoms with E-state index in [0.29, 0.717) is 34.2 Å². The highest BCUT2D eigenvalue weighted by Crippen LogP contribution is 2.23. The van der Waals surface area contributed by atoms with Crippen LogP contribution >= 0.6 is 0 Å². The SMILES string of the molecule is CNc1cc(Nc2ccnn(-c3ccccc3)c2=O)nn2c(C(=O)NC3CCC3)cnc12. The number of nitrogens with zero attached hydrogens (tertiary/aromatic N) is 5. The van der Waals surface area contributed by atoms with Gasteiger partial charge in [-0.05, 0) is 37.5 Å². The molecule has 32 heavy (non-hydrogen) atoms. The Balaban J connectivity index is 1.51. The first-order valence-electron chi connectivity index (χ1n) is 10.4. The number of imidazole rings is 1. The zero-order chi connectivity index (χ0) is 22.1. The van der Waals surface area contributed by atoms with Gasteiger partial charge in [-0.15, -0.1) is 5.10 Å². The van der Waals surface area contributed by atoms with Gasteiger partial charge in [0.25, 0.3) is 11.5 Å². The van der Waals surface area contributed by atoms with Crippen molar-refractivity contribution in [3.63, 3.8) is 0 Å². The van der Waals surface area contributed by atoms with E-state index in [0.717, 1.165) is 19.3 Å². The first-order chi connectivity index (χ1) is 15.6. The standard InChI is InChI=1S/C22H22N8O2/c1-23-17-12-19(27-16-10-11-25-29(22(16)32)15-8-3-2-4-9-15)28-30-18(13-24-20(17)30)21(31)26-14-6-5-7-14/h2-4,8-14,23H,5-7H2,1H3,(H,26,31)(H,27,28). The van der Waals surface area contributed by atoms with Crippen LogP contribution in [0.15, 0.2) is 59.7 Å². The molecule has 1 amide bonds. The van der Waals surface area contributed by atoms with Gasteiger partial charge in [0.05, 0.1) is 23.8 Å². The molecule has 1 aliphatic carbocycles. The van der Waals surface area contributed by atoms with Crippen molar-refractivity contribution < 1.29 is 4.79 Å². The van der Waals surface area contributed by atoms with E-state index in [9.17, 15) is 9.59 Å². The van der Waals surface area contributed by atoms with Crippen LogP contribution in [0.2, 0.25) is 0 Å². The lowest BCUT2D eigenvalue weighted by Gasteiger charge is -2.26. The number of carbonyl (C=O) groups excluding carboxylic acids is 1. The van der Waals surface area contributed by atoms with Crippen LogP contribution in [0, 0.1) is 0 Å². The van der Waals surface area contributed by atoms with Crippen LogP contribution in [0.3, 0.4) is 0 Å². The fraction of sp³-hybridized carbons (Fsp3) is 0.227. The number of para-hydroxylation sites is 1. The van der Waals surface area contributed by atoms with E-state index in [4.69, 9.17) is 0 Å². The summed E-state index contributed by atoms with van der Waals surface area (Å²) in [7, 11) is 1.76. The first kappa shape index (κ1) is 19.7. The molecule has 4 aromatic rings. The van der Waals surface area contributed by atoms with E-state index in [1.165, 1.54) is 15.4 Å². The van der Waals surface area contributed by atoms with Gasteiger partial charge in [0.1, 0.15) is 5.69 Å². The number of anilines is 3. The summed E-state index contributed by atoms with van der Waals surface area (Å²) in [5.41, 5.74) is 2.17. The fourth-order valence-electron chi connectivity index (χ4n) is 3.58. The molecule has 1 aliphatic rings. The minimum Gasteiger partial charge on any atom is -0.385 e. The Morgan fingerprint density at radius 2 is 1.94 bits per heavy atom. The lowest BCUT2D eigenvalue weighted by molar-refractivity contribution is 0.0910. The number of carbonyl (C=O) groups is 1. The van der Waals surface area contributed by atoms with Gasteiger partial charge in [-0.25, -0.2) is 9.50 Å². The molecule has 0 bridgehead atoms. The predicted molar refractivity (Wildman–Crippen MR) is 121 cm³/mol. The number of nitrogens with one attached hydrogen (secondary N) is 3. The van der Waals surface area contributed by atoms with Gasteiger partial charge in [0, 0.05) is 19.2 Å². The lowest BCUT2D eigenvalue weighted by atomic mass is 9.93. The summed E-state index contributed by atoms with van der Waals surface area (Å²) in [5.74, 6) is 0.171. The molecule has 1 fully saturated rings. The highest BCUT2D eigenvalue weighted by Gasteiger charge is 2.23. The average Bonchev–Trinajstić information content (AvgIpc) is 3.22. The predicted octanol–water partition coefficient (Wildman–Crippen LogP) is 2.34. The van der Waals surface area contributed by atoms with Gasteiger partial charge >= 0.3 is 0 Å². The van der Waals surface area contributed by atoms with E-state index in [1.807, 2.05) is 18.2 Å². The van der Waals surface area contributed by atoms with Crippen molar-refractivity contribution in [2.45, 2.75) is 25.3 Å². The fourth-order valence-corrected chi connectivity index (χ4v) is 3.58. The molecule has 5 rings (SSSR count). The van der Waals surface area contributed by atoms with E-state index >= 15 is 0 Å². The molecule has 0 atom stereocenters. The molecular formula is C22H22N8O2. The van der Waals surface area contributed by atoms with Crippen molar-refractivity contribution in [1.29, 1.82) is 0 Å². The minimum atomic E-state index is -0.319. The van der Waals surface area contributed by atoms with Crippen molar-refractivity contribution in [3.05, 3.63) is 70.9 Å². The Hall–Kier alpha value is -4.21. The summed E-state index contributed by atoms with van der Waals surface area (Å²) < 4.78 is 2.80. The molecule has 0 unspecified atom stereocenters. The van der Waals surface area contributed by atoms with Crippen LogP contribution in [0.1, 0.15) is 29.8 Å². The molecule has 1 aromatic carbocycles. The summed E-state index contributed by atoms with van der Waals surface area (Å²) >= 11 is 0. The molecular weight excluding hydrogens is 408 g/mol. The second kappa shape index (κ2) is 8.14.